The van der Waals surface area contributed by atoms with E-state index < -0.39 is 10.0 Å². The molecular formula is C9H16ClNO2S. The molecular weight excluding hydrogens is 222 g/mol. The van der Waals surface area contributed by atoms with Crippen molar-refractivity contribution in [1.82, 2.24) is 4.31 Å². The van der Waals surface area contributed by atoms with E-state index >= 15 is 0 Å². The highest BCUT2D eigenvalue weighted by atomic mass is 35.5. The van der Waals surface area contributed by atoms with Crippen LogP contribution in [0.2, 0.25) is 0 Å². The van der Waals surface area contributed by atoms with Gasteiger partial charge in [-0.05, 0) is 12.8 Å². The van der Waals surface area contributed by atoms with Crippen LogP contribution in [0.15, 0.2) is 11.1 Å². The van der Waals surface area contributed by atoms with Crippen LogP contribution in [-0.4, -0.2) is 31.6 Å². The summed E-state index contributed by atoms with van der Waals surface area (Å²) in [5.41, 5.74) is 0. The summed E-state index contributed by atoms with van der Waals surface area (Å²) in [6.07, 6.45) is 5.54. The van der Waals surface area contributed by atoms with Crippen molar-refractivity contribution < 1.29 is 8.42 Å². The molecule has 0 aromatic rings. The van der Waals surface area contributed by atoms with E-state index in [0.29, 0.717) is 13.0 Å². The monoisotopic (exact) mass is 237 g/mol. The van der Waals surface area contributed by atoms with Gasteiger partial charge in [-0.3, -0.25) is 0 Å². The number of hydrogen-bond acceptors (Lipinski definition) is 2. The molecule has 0 aromatic heterocycles. The topological polar surface area (TPSA) is 37.4 Å². The van der Waals surface area contributed by atoms with Gasteiger partial charge < -0.3 is 0 Å². The van der Waals surface area contributed by atoms with Crippen molar-refractivity contribution in [3.63, 3.8) is 0 Å². The molecule has 0 radical (unpaired) electrons. The van der Waals surface area contributed by atoms with E-state index in [1.165, 1.54) is 10.6 Å². The van der Waals surface area contributed by atoms with E-state index in [2.05, 4.69) is 0 Å². The van der Waals surface area contributed by atoms with Crippen LogP contribution in [-0.2, 0) is 10.0 Å². The third-order valence-electron chi connectivity index (χ3n) is 2.32. The molecule has 1 aliphatic heterocycles. The molecule has 1 heterocycles. The molecule has 82 valence electrons. The van der Waals surface area contributed by atoms with Crippen molar-refractivity contribution in [3.05, 3.63) is 11.1 Å². The van der Waals surface area contributed by atoms with E-state index in [1.807, 2.05) is 13.0 Å². The Balaban J connectivity index is 2.86. The number of halogens is 1. The Bertz CT molecular complexity index is 324. The SMILES string of the molecule is CCCC1C=C(Cl)CCN1S(C)(=O)=O. The number of nitrogens with zero attached hydrogens (tertiary/aromatic N) is 1. The predicted octanol–water partition coefficient (Wildman–Crippen LogP) is 1.94. The first-order valence-corrected chi connectivity index (χ1v) is 7.00. The lowest BCUT2D eigenvalue weighted by atomic mass is 10.1. The Morgan fingerprint density at radius 2 is 2.29 bits per heavy atom. The lowest BCUT2D eigenvalue weighted by molar-refractivity contribution is 0.339. The zero-order chi connectivity index (χ0) is 10.8. The standard InChI is InChI=1S/C9H16ClNO2S/c1-3-4-9-7-8(10)5-6-11(9)14(2,12)13/h7,9H,3-6H2,1-2H3. The Hall–Kier alpha value is -0.0600. The third kappa shape index (κ3) is 2.97. The molecule has 5 heteroatoms. The summed E-state index contributed by atoms with van der Waals surface area (Å²) in [6.45, 7) is 2.55. The van der Waals surface area contributed by atoms with Gasteiger partial charge in [-0.2, -0.15) is 4.31 Å². The molecule has 0 amide bonds. The largest absolute Gasteiger partial charge is 0.212 e. The van der Waals surface area contributed by atoms with Gasteiger partial charge in [-0.25, -0.2) is 8.42 Å². The molecule has 0 aliphatic carbocycles. The van der Waals surface area contributed by atoms with Crippen LogP contribution < -0.4 is 0 Å². The summed E-state index contributed by atoms with van der Waals surface area (Å²) in [7, 11) is -3.09. The van der Waals surface area contributed by atoms with Crippen molar-refractivity contribution in [2.24, 2.45) is 0 Å². The Morgan fingerprint density at radius 3 is 2.79 bits per heavy atom. The maximum absolute atomic E-state index is 11.4. The van der Waals surface area contributed by atoms with Crippen LogP contribution in [0.1, 0.15) is 26.2 Å². The van der Waals surface area contributed by atoms with Gasteiger partial charge in [0.1, 0.15) is 0 Å². The minimum Gasteiger partial charge on any atom is -0.212 e. The van der Waals surface area contributed by atoms with E-state index in [4.69, 9.17) is 11.6 Å². The summed E-state index contributed by atoms with van der Waals surface area (Å²) in [4.78, 5) is 0. The Kier molecular flexibility index (Phi) is 3.98. The van der Waals surface area contributed by atoms with Crippen LogP contribution >= 0.6 is 11.6 Å². The minimum absolute atomic E-state index is 0.0451. The first-order chi connectivity index (χ1) is 6.45. The zero-order valence-corrected chi connectivity index (χ0v) is 10.1. The van der Waals surface area contributed by atoms with Gasteiger partial charge in [0.15, 0.2) is 0 Å². The van der Waals surface area contributed by atoms with Crippen molar-refractivity contribution in [2.75, 3.05) is 12.8 Å². The summed E-state index contributed by atoms with van der Waals surface area (Å²) in [5.74, 6) is 0. The quantitative estimate of drug-likeness (QED) is 0.753. The fraction of sp³-hybridized carbons (Fsp3) is 0.778. The number of rotatable bonds is 3. The summed E-state index contributed by atoms with van der Waals surface area (Å²) >= 11 is 5.90. The zero-order valence-electron chi connectivity index (χ0n) is 8.53. The molecule has 0 bridgehead atoms. The predicted molar refractivity (Wildman–Crippen MR) is 58.8 cm³/mol. The van der Waals surface area contributed by atoms with Crippen LogP contribution in [0.3, 0.4) is 0 Å². The third-order valence-corrected chi connectivity index (χ3v) is 3.94. The van der Waals surface area contributed by atoms with Gasteiger partial charge in [0.25, 0.3) is 0 Å². The molecule has 14 heavy (non-hydrogen) atoms. The van der Waals surface area contributed by atoms with Gasteiger partial charge in [-0.1, -0.05) is 31.0 Å². The number of hydrogen-bond donors (Lipinski definition) is 0. The molecule has 1 rings (SSSR count). The van der Waals surface area contributed by atoms with Crippen LogP contribution in [0.5, 0.6) is 0 Å². The maximum Gasteiger partial charge on any atom is 0.211 e. The second-order valence-corrected chi connectivity index (χ2v) is 6.01. The first-order valence-electron chi connectivity index (χ1n) is 4.78. The molecule has 0 aromatic carbocycles. The molecule has 1 unspecified atom stereocenters. The van der Waals surface area contributed by atoms with Gasteiger partial charge >= 0.3 is 0 Å². The molecule has 0 fully saturated rings. The van der Waals surface area contributed by atoms with E-state index in [-0.39, 0.29) is 6.04 Å². The van der Waals surface area contributed by atoms with Gasteiger partial charge in [0.05, 0.1) is 6.26 Å². The molecule has 0 saturated heterocycles. The van der Waals surface area contributed by atoms with Crippen molar-refractivity contribution in [2.45, 2.75) is 32.2 Å². The first kappa shape index (κ1) is 12.0. The highest BCUT2D eigenvalue weighted by molar-refractivity contribution is 7.88. The van der Waals surface area contributed by atoms with E-state index in [0.717, 1.165) is 17.9 Å². The highest BCUT2D eigenvalue weighted by Gasteiger charge is 2.27. The molecule has 3 nitrogen and oxygen atoms in total. The van der Waals surface area contributed by atoms with E-state index in [1.54, 1.807) is 0 Å². The van der Waals surface area contributed by atoms with Gasteiger partial charge in [-0.15, -0.1) is 0 Å². The average molecular weight is 238 g/mol. The van der Waals surface area contributed by atoms with Gasteiger partial charge in [0.2, 0.25) is 10.0 Å². The fourth-order valence-corrected chi connectivity index (χ4v) is 3.00. The maximum atomic E-state index is 11.4. The van der Waals surface area contributed by atoms with Crippen molar-refractivity contribution in [1.29, 1.82) is 0 Å². The summed E-state index contributed by atoms with van der Waals surface area (Å²) in [5, 5.41) is 0.781. The minimum atomic E-state index is -3.09. The summed E-state index contributed by atoms with van der Waals surface area (Å²) < 4.78 is 24.4. The van der Waals surface area contributed by atoms with E-state index in [9.17, 15) is 8.42 Å². The fourth-order valence-electron chi connectivity index (χ4n) is 1.69. The normalized spacial score (nSPS) is 24.8. The lowest BCUT2D eigenvalue weighted by Gasteiger charge is -2.30. The van der Waals surface area contributed by atoms with Gasteiger partial charge in [0, 0.05) is 17.6 Å². The Labute approximate surface area is 90.8 Å². The number of sulfonamides is 1. The second kappa shape index (κ2) is 4.64. The average Bonchev–Trinajstić information content (AvgIpc) is 2.02. The second-order valence-electron chi connectivity index (χ2n) is 3.59. The smallest absolute Gasteiger partial charge is 0.211 e. The van der Waals surface area contributed by atoms with Crippen LogP contribution in [0, 0.1) is 0 Å². The lowest BCUT2D eigenvalue weighted by Crippen LogP contribution is -2.41. The van der Waals surface area contributed by atoms with Crippen LogP contribution in [0.25, 0.3) is 0 Å². The van der Waals surface area contributed by atoms with Crippen LogP contribution in [0.4, 0.5) is 0 Å². The van der Waals surface area contributed by atoms with Crippen molar-refractivity contribution in [3.8, 4) is 0 Å². The van der Waals surface area contributed by atoms with Crippen molar-refractivity contribution >= 4 is 21.6 Å². The Morgan fingerprint density at radius 1 is 1.64 bits per heavy atom. The molecule has 1 atom stereocenters. The molecule has 0 N–H and O–H groups in total. The summed E-state index contributed by atoms with van der Waals surface area (Å²) in [6, 6.07) is -0.0451. The molecule has 0 spiro atoms. The molecule has 0 saturated carbocycles. The molecule has 1 aliphatic rings. The highest BCUT2D eigenvalue weighted by Crippen LogP contribution is 2.24.